The van der Waals surface area contributed by atoms with Crippen LogP contribution in [0.1, 0.15) is 30.4 Å². The fourth-order valence-electron chi connectivity index (χ4n) is 2.66. The van der Waals surface area contributed by atoms with Crippen LogP contribution in [-0.4, -0.2) is 13.2 Å². The monoisotopic (exact) mass is 233 g/mol. The molecular formula is C15H23NO. The number of benzene rings is 1. The summed E-state index contributed by atoms with van der Waals surface area (Å²) in [6, 6.07) is 8.56. The van der Waals surface area contributed by atoms with Crippen molar-refractivity contribution >= 4 is 0 Å². The van der Waals surface area contributed by atoms with E-state index < -0.39 is 0 Å². The number of nitrogens with two attached hydrogens (primary N) is 1. The molecule has 0 aromatic heterocycles. The molecule has 1 saturated carbocycles. The van der Waals surface area contributed by atoms with Crippen LogP contribution in [0.2, 0.25) is 0 Å². The maximum Gasteiger partial charge on any atom is 0.0717 e. The number of rotatable bonds is 5. The standard InChI is InChI=1S/C15H23NO/c1-12-5-7-13(8-6-12)10-17-11-15-4-2-3-14(15)9-16/h5-8,14-15H,2-4,9-11,16H2,1H3. The molecule has 2 unspecified atom stereocenters. The molecule has 2 heteroatoms. The second-order valence-electron chi connectivity index (χ2n) is 5.19. The van der Waals surface area contributed by atoms with Gasteiger partial charge in [0.2, 0.25) is 0 Å². The fourth-order valence-corrected chi connectivity index (χ4v) is 2.66. The molecule has 0 saturated heterocycles. The van der Waals surface area contributed by atoms with Crippen molar-refractivity contribution in [2.45, 2.75) is 32.8 Å². The maximum absolute atomic E-state index is 5.82. The van der Waals surface area contributed by atoms with E-state index in [1.54, 1.807) is 0 Å². The van der Waals surface area contributed by atoms with Crippen molar-refractivity contribution in [1.82, 2.24) is 0 Å². The predicted molar refractivity (Wildman–Crippen MR) is 70.7 cm³/mol. The largest absolute Gasteiger partial charge is 0.376 e. The van der Waals surface area contributed by atoms with Crippen LogP contribution in [0, 0.1) is 18.8 Å². The van der Waals surface area contributed by atoms with E-state index in [2.05, 4.69) is 31.2 Å². The Hall–Kier alpha value is -0.860. The van der Waals surface area contributed by atoms with E-state index in [1.807, 2.05) is 0 Å². The van der Waals surface area contributed by atoms with Crippen LogP contribution in [0.25, 0.3) is 0 Å². The molecule has 0 bridgehead atoms. The summed E-state index contributed by atoms with van der Waals surface area (Å²) in [5, 5.41) is 0. The van der Waals surface area contributed by atoms with Crippen LogP contribution >= 0.6 is 0 Å². The Bertz CT molecular complexity index is 333. The quantitative estimate of drug-likeness (QED) is 0.848. The molecule has 94 valence electrons. The molecule has 0 heterocycles. The summed E-state index contributed by atoms with van der Waals surface area (Å²) >= 11 is 0. The van der Waals surface area contributed by atoms with Gasteiger partial charge in [-0.3, -0.25) is 0 Å². The van der Waals surface area contributed by atoms with Gasteiger partial charge in [0.05, 0.1) is 13.2 Å². The van der Waals surface area contributed by atoms with Gasteiger partial charge in [0.25, 0.3) is 0 Å². The van der Waals surface area contributed by atoms with E-state index in [9.17, 15) is 0 Å². The van der Waals surface area contributed by atoms with E-state index in [0.29, 0.717) is 11.8 Å². The SMILES string of the molecule is Cc1ccc(COCC2CCCC2CN)cc1. The lowest BCUT2D eigenvalue weighted by Crippen LogP contribution is -2.22. The van der Waals surface area contributed by atoms with Crippen LogP contribution in [-0.2, 0) is 11.3 Å². The smallest absolute Gasteiger partial charge is 0.0717 e. The molecule has 1 aliphatic carbocycles. The van der Waals surface area contributed by atoms with Gasteiger partial charge in [-0.05, 0) is 43.7 Å². The molecule has 1 fully saturated rings. The summed E-state index contributed by atoms with van der Waals surface area (Å²) in [6.07, 6.45) is 3.89. The number of hydrogen-bond acceptors (Lipinski definition) is 2. The molecule has 0 radical (unpaired) electrons. The average Bonchev–Trinajstić information content (AvgIpc) is 2.79. The Morgan fingerprint density at radius 1 is 1.18 bits per heavy atom. The molecule has 17 heavy (non-hydrogen) atoms. The zero-order valence-electron chi connectivity index (χ0n) is 10.7. The number of aryl methyl sites for hydroxylation is 1. The Morgan fingerprint density at radius 3 is 2.59 bits per heavy atom. The van der Waals surface area contributed by atoms with Crippen molar-refractivity contribution in [3.05, 3.63) is 35.4 Å². The average molecular weight is 233 g/mol. The lowest BCUT2D eigenvalue weighted by Gasteiger charge is -2.17. The molecule has 2 N–H and O–H groups in total. The van der Waals surface area contributed by atoms with Gasteiger partial charge in [0.15, 0.2) is 0 Å². The molecule has 0 aliphatic heterocycles. The van der Waals surface area contributed by atoms with Gasteiger partial charge in [0.1, 0.15) is 0 Å². The van der Waals surface area contributed by atoms with E-state index in [1.165, 1.54) is 30.4 Å². The van der Waals surface area contributed by atoms with Gasteiger partial charge >= 0.3 is 0 Å². The first-order valence-electron chi connectivity index (χ1n) is 6.63. The molecule has 1 aromatic carbocycles. The van der Waals surface area contributed by atoms with Crippen molar-refractivity contribution in [1.29, 1.82) is 0 Å². The fraction of sp³-hybridized carbons (Fsp3) is 0.600. The van der Waals surface area contributed by atoms with Crippen LogP contribution in [0.5, 0.6) is 0 Å². The number of hydrogen-bond donors (Lipinski definition) is 1. The zero-order valence-corrected chi connectivity index (χ0v) is 10.7. The van der Waals surface area contributed by atoms with Crippen LogP contribution in [0.3, 0.4) is 0 Å². The molecule has 0 amide bonds. The normalized spacial score (nSPS) is 24.1. The predicted octanol–water partition coefficient (Wildman–Crippen LogP) is 2.89. The maximum atomic E-state index is 5.82. The highest BCUT2D eigenvalue weighted by Crippen LogP contribution is 2.31. The van der Waals surface area contributed by atoms with Crippen molar-refractivity contribution in [2.24, 2.45) is 17.6 Å². The lowest BCUT2D eigenvalue weighted by atomic mass is 9.97. The molecule has 2 rings (SSSR count). The third-order valence-corrected chi connectivity index (χ3v) is 3.84. The van der Waals surface area contributed by atoms with E-state index in [-0.39, 0.29) is 0 Å². The summed E-state index contributed by atoms with van der Waals surface area (Å²) in [5.41, 5.74) is 8.33. The Labute approximate surface area is 104 Å². The van der Waals surface area contributed by atoms with Crippen molar-refractivity contribution in [3.63, 3.8) is 0 Å². The highest BCUT2D eigenvalue weighted by Gasteiger charge is 2.25. The second-order valence-corrected chi connectivity index (χ2v) is 5.19. The van der Waals surface area contributed by atoms with Gasteiger partial charge < -0.3 is 10.5 Å². The lowest BCUT2D eigenvalue weighted by molar-refractivity contribution is 0.0753. The van der Waals surface area contributed by atoms with Crippen molar-refractivity contribution in [2.75, 3.05) is 13.2 Å². The molecule has 1 aliphatic rings. The van der Waals surface area contributed by atoms with Crippen LogP contribution in [0.15, 0.2) is 24.3 Å². The summed E-state index contributed by atoms with van der Waals surface area (Å²) in [4.78, 5) is 0. The highest BCUT2D eigenvalue weighted by molar-refractivity contribution is 5.20. The van der Waals surface area contributed by atoms with Gasteiger partial charge in [-0.15, -0.1) is 0 Å². The van der Waals surface area contributed by atoms with Gasteiger partial charge in [-0.25, -0.2) is 0 Å². The van der Waals surface area contributed by atoms with Gasteiger partial charge in [-0.1, -0.05) is 36.2 Å². The van der Waals surface area contributed by atoms with E-state index in [4.69, 9.17) is 10.5 Å². The van der Waals surface area contributed by atoms with Gasteiger partial charge in [-0.2, -0.15) is 0 Å². The minimum absolute atomic E-state index is 0.686. The molecule has 1 aromatic rings. The van der Waals surface area contributed by atoms with E-state index >= 15 is 0 Å². The summed E-state index contributed by atoms with van der Waals surface area (Å²) < 4.78 is 5.82. The number of ether oxygens (including phenoxy) is 1. The van der Waals surface area contributed by atoms with Crippen molar-refractivity contribution < 1.29 is 4.74 Å². The van der Waals surface area contributed by atoms with E-state index in [0.717, 1.165) is 19.8 Å². The minimum atomic E-state index is 0.686. The topological polar surface area (TPSA) is 35.2 Å². The van der Waals surface area contributed by atoms with Gasteiger partial charge in [0, 0.05) is 0 Å². The summed E-state index contributed by atoms with van der Waals surface area (Å²) in [7, 11) is 0. The molecule has 2 nitrogen and oxygen atoms in total. The molecule has 2 atom stereocenters. The zero-order chi connectivity index (χ0) is 12.1. The first-order valence-corrected chi connectivity index (χ1v) is 6.63. The minimum Gasteiger partial charge on any atom is -0.376 e. The Morgan fingerprint density at radius 2 is 1.88 bits per heavy atom. The molecule has 0 spiro atoms. The van der Waals surface area contributed by atoms with Crippen LogP contribution < -0.4 is 5.73 Å². The summed E-state index contributed by atoms with van der Waals surface area (Å²) in [5.74, 6) is 1.37. The van der Waals surface area contributed by atoms with Crippen molar-refractivity contribution in [3.8, 4) is 0 Å². The summed E-state index contributed by atoms with van der Waals surface area (Å²) in [6.45, 7) is 4.53. The Balaban J connectivity index is 1.74. The van der Waals surface area contributed by atoms with Crippen LogP contribution in [0.4, 0.5) is 0 Å². The first-order chi connectivity index (χ1) is 8.29. The second kappa shape index (κ2) is 6.18. The molecular weight excluding hydrogens is 210 g/mol. The Kier molecular flexibility index (Phi) is 4.57. The first kappa shape index (κ1) is 12.6. The third-order valence-electron chi connectivity index (χ3n) is 3.84. The highest BCUT2D eigenvalue weighted by atomic mass is 16.5. The third kappa shape index (κ3) is 3.55.